The van der Waals surface area contributed by atoms with Crippen molar-refractivity contribution in [2.45, 2.75) is 38.1 Å². The first-order valence-corrected chi connectivity index (χ1v) is 10.7. The molecule has 4 amide bonds. The van der Waals surface area contributed by atoms with E-state index < -0.39 is 11.6 Å². The number of carbonyl (C=O) groups is 3. The van der Waals surface area contributed by atoms with Crippen molar-refractivity contribution in [1.29, 1.82) is 0 Å². The number of halogens is 1. The van der Waals surface area contributed by atoms with Crippen LogP contribution in [-0.2, 0) is 9.59 Å². The largest absolute Gasteiger partial charge is 0.367 e. The lowest BCUT2D eigenvalue weighted by atomic mass is 9.73. The maximum Gasteiger partial charge on any atom is 0.325 e. The average Bonchev–Trinajstić information content (AvgIpc) is 2.96. The van der Waals surface area contributed by atoms with Gasteiger partial charge in [0.05, 0.1) is 10.7 Å². The van der Waals surface area contributed by atoms with Gasteiger partial charge in [-0.25, -0.2) is 4.79 Å². The fourth-order valence-electron chi connectivity index (χ4n) is 4.78. The number of nitrogens with one attached hydrogen (secondary N) is 1. The third-order valence-corrected chi connectivity index (χ3v) is 6.94. The fourth-order valence-corrected chi connectivity index (χ4v) is 5.03. The fraction of sp³-hybridized carbons (Fsp3) is 0.571. The number of urea groups is 1. The van der Waals surface area contributed by atoms with E-state index in [1.54, 1.807) is 4.90 Å². The first kappa shape index (κ1) is 20.0. The van der Waals surface area contributed by atoms with Crippen LogP contribution in [0.2, 0.25) is 5.02 Å². The van der Waals surface area contributed by atoms with E-state index in [0.717, 1.165) is 29.8 Å². The van der Waals surface area contributed by atoms with Gasteiger partial charge in [-0.1, -0.05) is 43.5 Å². The maximum atomic E-state index is 13.0. The summed E-state index contributed by atoms with van der Waals surface area (Å²) in [6.45, 7) is 4.22. The molecule has 4 rings (SSSR count). The van der Waals surface area contributed by atoms with Gasteiger partial charge in [0, 0.05) is 26.2 Å². The number of benzene rings is 1. The number of anilines is 1. The minimum Gasteiger partial charge on any atom is -0.367 e. The van der Waals surface area contributed by atoms with Gasteiger partial charge in [-0.05, 0) is 30.9 Å². The highest BCUT2D eigenvalue weighted by atomic mass is 35.5. The van der Waals surface area contributed by atoms with Crippen LogP contribution in [0.3, 0.4) is 0 Å². The van der Waals surface area contributed by atoms with Crippen molar-refractivity contribution in [3.05, 3.63) is 29.3 Å². The molecule has 2 saturated heterocycles. The SMILES string of the molecule is C[C@@H]1CCCC[C@@]12NC(=O)N(CC(=O)N1CCN(c3ccccc3Cl)CC1)C2=O. The number of rotatable bonds is 3. The normalized spacial score (nSPS) is 27.5. The Morgan fingerprint density at radius 3 is 2.59 bits per heavy atom. The number of para-hydroxylation sites is 1. The molecule has 1 saturated carbocycles. The van der Waals surface area contributed by atoms with Crippen LogP contribution < -0.4 is 10.2 Å². The smallest absolute Gasteiger partial charge is 0.325 e. The molecule has 0 radical (unpaired) electrons. The quantitative estimate of drug-likeness (QED) is 0.765. The lowest BCUT2D eigenvalue weighted by molar-refractivity contribution is -0.140. The highest BCUT2D eigenvalue weighted by molar-refractivity contribution is 6.33. The molecule has 0 bridgehead atoms. The molecule has 29 heavy (non-hydrogen) atoms. The molecule has 8 heteroatoms. The van der Waals surface area contributed by atoms with Crippen molar-refractivity contribution in [3.63, 3.8) is 0 Å². The maximum absolute atomic E-state index is 13.0. The Balaban J connectivity index is 1.37. The van der Waals surface area contributed by atoms with Gasteiger partial charge in [0.2, 0.25) is 5.91 Å². The first-order valence-electron chi connectivity index (χ1n) is 10.3. The second kappa shape index (κ2) is 7.86. The predicted octanol–water partition coefficient (Wildman–Crippen LogP) is 2.49. The number of piperazine rings is 1. The van der Waals surface area contributed by atoms with Crippen LogP contribution in [0.1, 0.15) is 32.6 Å². The van der Waals surface area contributed by atoms with Gasteiger partial charge in [-0.2, -0.15) is 0 Å². The standard InChI is InChI=1S/C21H27ClN4O3/c1-15-6-4-5-9-21(15)19(28)26(20(29)23-21)14-18(27)25-12-10-24(11-13-25)17-8-3-2-7-16(17)22/h2-3,7-8,15H,4-6,9-14H2,1H3,(H,23,29)/t15-,21-/m1/s1. The Kier molecular flexibility index (Phi) is 5.42. The molecule has 1 aliphatic carbocycles. The molecule has 0 unspecified atom stereocenters. The van der Waals surface area contributed by atoms with Gasteiger partial charge in [0.15, 0.2) is 0 Å². The zero-order chi connectivity index (χ0) is 20.6. The zero-order valence-corrected chi connectivity index (χ0v) is 17.5. The number of imide groups is 1. The molecule has 3 aliphatic rings. The highest BCUT2D eigenvalue weighted by Gasteiger charge is 2.55. The van der Waals surface area contributed by atoms with Crippen LogP contribution in [0.5, 0.6) is 0 Å². The summed E-state index contributed by atoms with van der Waals surface area (Å²) in [4.78, 5) is 43.3. The van der Waals surface area contributed by atoms with E-state index in [1.165, 1.54) is 0 Å². The molecule has 1 aromatic rings. The van der Waals surface area contributed by atoms with Gasteiger partial charge < -0.3 is 15.1 Å². The van der Waals surface area contributed by atoms with Gasteiger partial charge >= 0.3 is 6.03 Å². The monoisotopic (exact) mass is 418 g/mol. The summed E-state index contributed by atoms with van der Waals surface area (Å²) in [5.74, 6) is -0.336. The van der Waals surface area contributed by atoms with Crippen LogP contribution in [-0.4, -0.2) is 65.9 Å². The van der Waals surface area contributed by atoms with Gasteiger partial charge in [0.1, 0.15) is 12.1 Å². The van der Waals surface area contributed by atoms with Crippen molar-refractivity contribution in [2.75, 3.05) is 37.6 Å². The third kappa shape index (κ3) is 3.56. The molecule has 2 atom stereocenters. The molecular weight excluding hydrogens is 392 g/mol. The summed E-state index contributed by atoms with van der Waals surface area (Å²) in [7, 11) is 0. The summed E-state index contributed by atoms with van der Waals surface area (Å²) < 4.78 is 0. The van der Waals surface area contributed by atoms with Crippen molar-refractivity contribution >= 4 is 35.1 Å². The van der Waals surface area contributed by atoms with Crippen LogP contribution in [0, 0.1) is 5.92 Å². The highest BCUT2D eigenvalue weighted by Crippen LogP contribution is 2.38. The van der Waals surface area contributed by atoms with E-state index in [1.807, 2.05) is 31.2 Å². The Bertz CT molecular complexity index is 824. The third-order valence-electron chi connectivity index (χ3n) is 6.62. The van der Waals surface area contributed by atoms with E-state index in [0.29, 0.717) is 37.6 Å². The van der Waals surface area contributed by atoms with Crippen LogP contribution >= 0.6 is 11.6 Å². The molecule has 1 N–H and O–H groups in total. The van der Waals surface area contributed by atoms with E-state index in [2.05, 4.69) is 10.2 Å². The van der Waals surface area contributed by atoms with Gasteiger partial charge in [0.25, 0.3) is 5.91 Å². The summed E-state index contributed by atoms with van der Waals surface area (Å²) in [6, 6.07) is 7.22. The van der Waals surface area contributed by atoms with Crippen LogP contribution in [0.15, 0.2) is 24.3 Å². The van der Waals surface area contributed by atoms with Gasteiger partial charge in [-0.15, -0.1) is 0 Å². The molecule has 1 spiro atoms. The Labute approximate surface area is 176 Å². The first-order chi connectivity index (χ1) is 13.9. The number of carbonyl (C=O) groups excluding carboxylic acids is 3. The van der Waals surface area contributed by atoms with Crippen molar-refractivity contribution < 1.29 is 14.4 Å². The minimum absolute atomic E-state index is 0.0898. The molecule has 0 aromatic heterocycles. The number of amides is 4. The Morgan fingerprint density at radius 1 is 1.17 bits per heavy atom. The molecular formula is C21H27ClN4O3. The molecule has 2 heterocycles. The van der Waals surface area contributed by atoms with E-state index >= 15 is 0 Å². The Morgan fingerprint density at radius 2 is 1.90 bits per heavy atom. The topological polar surface area (TPSA) is 73.0 Å². The van der Waals surface area contributed by atoms with E-state index in [9.17, 15) is 14.4 Å². The second-order valence-electron chi connectivity index (χ2n) is 8.26. The van der Waals surface area contributed by atoms with Crippen molar-refractivity contribution in [2.24, 2.45) is 5.92 Å². The van der Waals surface area contributed by atoms with Crippen molar-refractivity contribution in [3.8, 4) is 0 Å². The summed E-state index contributed by atoms with van der Waals surface area (Å²) in [6.07, 6.45) is 3.56. The van der Waals surface area contributed by atoms with E-state index in [-0.39, 0.29) is 24.3 Å². The molecule has 7 nitrogen and oxygen atoms in total. The number of hydrogen-bond donors (Lipinski definition) is 1. The molecule has 1 aromatic carbocycles. The lowest BCUT2D eigenvalue weighted by Gasteiger charge is -2.37. The average molecular weight is 419 g/mol. The number of nitrogens with zero attached hydrogens (tertiary/aromatic N) is 3. The van der Waals surface area contributed by atoms with Crippen LogP contribution in [0.25, 0.3) is 0 Å². The lowest BCUT2D eigenvalue weighted by Crippen LogP contribution is -2.55. The molecule has 3 fully saturated rings. The molecule has 156 valence electrons. The zero-order valence-electron chi connectivity index (χ0n) is 16.7. The Hall–Kier alpha value is -2.28. The summed E-state index contributed by atoms with van der Waals surface area (Å²) >= 11 is 6.27. The van der Waals surface area contributed by atoms with E-state index in [4.69, 9.17) is 11.6 Å². The van der Waals surface area contributed by atoms with Crippen molar-refractivity contribution in [1.82, 2.24) is 15.1 Å². The number of hydrogen-bond acceptors (Lipinski definition) is 4. The summed E-state index contributed by atoms with van der Waals surface area (Å²) in [5, 5.41) is 3.60. The minimum atomic E-state index is -0.821. The predicted molar refractivity (Wildman–Crippen MR) is 111 cm³/mol. The molecule has 2 aliphatic heterocycles. The summed E-state index contributed by atoms with van der Waals surface area (Å²) in [5.41, 5.74) is 0.141. The second-order valence-corrected chi connectivity index (χ2v) is 8.67. The van der Waals surface area contributed by atoms with Crippen LogP contribution in [0.4, 0.5) is 10.5 Å². The van der Waals surface area contributed by atoms with Gasteiger partial charge in [-0.3, -0.25) is 14.5 Å².